The summed E-state index contributed by atoms with van der Waals surface area (Å²) in [6.07, 6.45) is 0. The Bertz CT molecular complexity index is 203. The summed E-state index contributed by atoms with van der Waals surface area (Å²) < 4.78 is 0. The van der Waals surface area contributed by atoms with Gasteiger partial charge in [-0.15, -0.1) is 0 Å². The van der Waals surface area contributed by atoms with Crippen molar-refractivity contribution in [1.29, 1.82) is 0 Å². The van der Waals surface area contributed by atoms with Crippen molar-refractivity contribution in [2.45, 2.75) is 47.1 Å². The van der Waals surface area contributed by atoms with Gasteiger partial charge in [-0.05, 0) is 24.7 Å². The summed E-state index contributed by atoms with van der Waals surface area (Å²) in [5.41, 5.74) is 0.223. The van der Waals surface area contributed by atoms with Crippen molar-refractivity contribution >= 4 is 0 Å². The maximum absolute atomic E-state index is 9.68. The lowest BCUT2D eigenvalue weighted by Crippen LogP contribution is -2.62. The van der Waals surface area contributed by atoms with Gasteiger partial charge in [-0.3, -0.25) is 4.90 Å². The highest BCUT2D eigenvalue weighted by Crippen LogP contribution is 2.45. The van der Waals surface area contributed by atoms with Gasteiger partial charge >= 0.3 is 0 Å². The van der Waals surface area contributed by atoms with Crippen LogP contribution >= 0.6 is 0 Å². The van der Waals surface area contributed by atoms with Gasteiger partial charge in [0, 0.05) is 19.6 Å². The lowest BCUT2D eigenvalue weighted by molar-refractivity contribution is -0.0958. The minimum Gasteiger partial charge on any atom is -0.389 e. The Hall–Kier alpha value is -0.0800. The van der Waals surface area contributed by atoms with Gasteiger partial charge in [0.2, 0.25) is 0 Å². The molecular formula is C12H25NO. The van der Waals surface area contributed by atoms with E-state index < -0.39 is 5.60 Å². The van der Waals surface area contributed by atoms with Crippen LogP contribution < -0.4 is 0 Å². The Labute approximate surface area is 88.3 Å². The molecule has 84 valence electrons. The molecule has 0 radical (unpaired) electrons. The van der Waals surface area contributed by atoms with E-state index in [2.05, 4.69) is 32.6 Å². The van der Waals surface area contributed by atoms with Crippen LogP contribution in [-0.4, -0.2) is 35.2 Å². The number of hydrogen-bond acceptors (Lipinski definition) is 2. The van der Waals surface area contributed by atoms with Crippen LogP contribution in [-0.2, 0) is 0 Å². The van der Waals surface area contributed by atoms with Gasteiger partial charge in [-0.2, -0.15) is 0 Å². The largest absolute Gasteiger partial charge is 0.389 e. The molecule has 0 unspecified atom stereocenters. The quantitative estimate of drug-likeness (QED) is 0.736. The molecule has 0 aromatic heterocycles. The minimum absolute atomic E-state index is 0.364. The molecule has 1 fully saturated rings. The second-order valence-corrected chi connectivity index (χ2v) is 6.77. The third-order valence-corrected chi connectivity index (χ3v) is 3.57. The Morgan fingerprint density at radius 2 is 1.57 bits per heavy atom. The molecule has 2 heteroatoms. The SMILES string of the molecule is CC(C)(O)CN1CC(C)(C(C)(C)C)C1. The van der Waals surface area contributed by atoms with Gasteiger partial charge in [0.1, 0.15) is 0 Å². The van der Waals surface area contributed by atoms with Gasteiger partial charge in [0.15, 0.2) is 0 Å². The Morgan fingerprint density at radius 3 is 1.86 bits per heavy atom. The molecule has 0 amide bonds. The predicted molar refractivity (Wildman–Crippen MR) is 60.3 cm³/mol. The van der Waals surface area contributed by atoms with Crippen LogP contribution in [0.5, 0.6) is 0 Å². The molecule has 14 heavy (non-hydrogen) atoms. The van der Waals surface area contributed by atoms with Gasteiger partial charge in [0.05, 0.1) is 5.60 Å². The van der Waals surface area contributed by atoms with Crippen LogP contribution in [0.1, 0.15) is 41.5 Å². The molecule has 0 aliphatic carbocycles. The monoisotopic (exact) mass is 199 g/mol. The lowest BCUT2D eigenvalue weighted by Gasteiger charge is -2.56. The summed E-state index contributed by atoms with van der Waals surface area (Å²) in [6, 6.07) is 0. The first-order valence-electron chi connectivity index (χ1n) is 5.48. The fourth-order valence-electron chi connectivity index (χ4n) is 2.07. The first kappa shape index (κ1) is 12.0. The maximum atomic E-state index is 9.68. The summed E-state index contributed by atoms with van der Waals surface area (Å²) in [6.45, 7) is 16.0. The van der Waals surface area contributed by atoms with Crippen LogP contribution in [0.4, 0.5) is 0 Å². The molecule has 1 aliphatic heterocycles. The zero-order valence-electron chi connectivity index (χ0n) is 10.5. The average molecular weight is 199 g/mol. The van der Waals surface area contributed by atoms with Crippen LogP contribution in [0.25, 0.3) is 0 Å². The first-order chi connectivity index (χ1) is 6.04. The molecule has 0 bridgehead atoms. The van der Waals surface area contributed by atoms with Crippen LogP contribution in [0.15, 0.2) is 0 Å². The van der Waals surface area contributed by atoms with E-state index in [1.807, 2.05) is 13.8 Å². The van der Waals surface area contributed by atoms with Crippen molar-refractivity contribution in [1.82, 2.24) is 4.90 Å². The van der Waals surface area contributed by atoms with E-state index in [9.17, 15) is 5.11 Å². The molecule has 0 saturated carbocycles. The number of β-amino-alcohol motifs (C(OH)–C–C–N with tert-alkyl or cyclic N) is 1. The van der Waals surface area contributed by atoms with Crippen LogP contribution in [0.3, 0.4) is 0 Å². The molecule has 2 nitrogen and oxygen atoms in total. The zero-order valence-corrected chi connectivity index (χ0v) is 10.5. The molecule has 0 atom stereocenters. The third-order valence-electron chi connectivity index (χ3n) is 3.57. The summed E-state index contributed by atoms with van der Waals surface area (Å²) >= 11 is 0. The second kappa shape index (κ2) is 3.21. The molecular weight excluding hydrogens is 174 g/mol. The van der Waals surface area contributed by atoms with E-state index in [0.29, 0.717) is 10.8 Å². The summed E-state index contributed by atoms with van der Waals surface area (Å²) in [5, 5.41) is 9.68. The van der Waals surface area contributed by atoms with Crippen molar-refractivity contribution in [2.75, 3.05) is 19.6 Å². The Morgan fingerprint density at radius 1 is 1.14 bits per heavy atom. The van der Waals surface area contributed by atoms with Gasteiger partial charge < -0.3 is 5.11 Å². The first-order valence-corrected chi connectivity index (χ1v) is 5.48. The molecule has 0 aromatic carbocycles. The smallest absolute Gasteiger partial charge is 0.0718 e. The number of nitrogens with zero attached hydrogens (tertiary/aromatic N) is 1. The van der Waals surface area contributed by atoms with E-state index in [1.165, 1.54) is 0 Å². The van der Waals surface area contributed by atoms with E-state index in [1.54, 1.807) is 0 Å². The van der Waals surface area contributed by atoms with Gasteiger partial charge in [-0.25, -0.2) is 0 Å². The summed E-state index contributed by atoms with van der Waals surface area (Å²) in [4.78, 5) is 2.34. The number of likely N-dealkylation sites (tertiary alicyclic amines) is 1. The molecule has 1 aliphatic rings. The fraction of sp³-hybridized carbons (Fsp3) is 1.00. The topological polar surface area (TPSA) is 23.5 Å². The van der Waals surface area contributed by atoms with Crippen molar-refractivity contribution in [3.63, 3.8) is 0 Å². The highest BCUT2D eigenvalue weighted by atomic mass is 16.3. The zero-order chi connectivity index (χ0) is 11.2. The lowest BCUT2D eigenvalue weighted by atomic mass is 9.63. The molecule has 1 saturated heterocycles. The highest BCUT2D eigenvalue weighted by Gasteiger charge is 2.47. The summed E-state index contributed by atoms with van der Waals surface area (Å²) in [5.74, 6) is 0. The number of hydrogen-bond donors (Lipinski definition) is 1. The molecule has 1 rings (SSSR count). The summed E-state index contributed by atoms with van der Waals surface area (Å²) in [7, 11) is 0. The van der Waals surface area contributed by atoms with E-state index >= 15 is 0 Å². The van der Waals surface area contributed by atoms with E-state index in [0.717, 1.165) is 19.6 Å². The maximum Gasteiger partial charge on any atom is 0.0718 e. The van der Waals surface area contributed by atoms with Crippen LogP contribution in [0.2, 0.25) is 0 Å². The number of aliphatic hydroxyl groups is 1. The van der Waals surface area contributed by atoms with Gasteiger partial charge in [0.25, 0.3) is 0 Å². The predicted octanol–water partition coefficient (Wildman–Crippen LogP) is 2.13. The minimum atomic E-state index is -0.556. The van der Waals surface area contributed by atoms with Crippen LogP contribution in [0, 0.1) is 10.8 Å². The third kappa shape index (κ3) is 2.48. The fourth-order valence-corrected chi connectivity index (χ4v) is 2.07. The van der Waals surface area contributed by atoms with Crippen molar-refractivity contribution in [3.8, 4) is 0 Å². The van der Waals surface area contributed by atoms with Crippen molar-refractivity contribution in [2.24, 2.45) is 10.8 Å². The van der Waals surface area contributed by atoms with Crippen molar-refractivity contribution < 1.29 is 5.11 Å². The number of rotatable bonds is 2. The van der Waals surface area contributed by atoms with Gasteiger partial charge in [-0.1, -0.05) is 27.7 Å². The standard InChI is InChI=1S/C12H25NO/c1-10(2,3)12(6)8-13(9-12)7-11(4,5)14/h14H,7-9H2,1-6H3. The highest BCUT2D eigenvalue weighted by molar-refractivity contribution is 5.00. The molecule has 1 heterocycles. The molecule has 1 N–H and O–H groups in total. The van der Waals surface area contributed by atoms with Crippen molar-refractivity contribution in [3.05, 3.63) is 0 Å². The second-order valence-electron chi connectivity index (χ2n) is 6.77. The Kier molecular flexibility index (Phi) is 2.75. The van der Waals surface area contributed by atoms with E-state index in [4.69, 9.17) is 0 Å². The van der Waals surface area contributed by atoms with E-state index in [-0.39, 0.29) is 0 Å². The molecule has 0 spiro atoms. The normalized spacial score (nSPS) is 23.4. The average Bonchev–Trinajstić information content (AvgIpc) is 1.77. The molecule has 0 aromatic rings. The Balaban J connectivity index is 2.44.